The summed E-state index contributed by atoms with van der Waals surface area (Å²) in [6.45, 7) is 8.23. The molecule has 1 aliphatic heterocycles. The zero-order valence-electron chi connectivity index (χ0n) is 15.8. The Morgan fingerprint density at radius 3 is 2.56 bits per heavy atom. The lowest BCUT2D eigenvalue weighted by molar-refractivity contribution is -1.01. The molecule has 0 bridgehead atoms. The number of nitrogens with one attached hydrogen (secondary N) is 2. The van der Waals surface area contributed by atoms with Gasteiger partial charge in [-0.05, 0) is 35.0 Å². The lowest BCUT2D eigenvalue weighted by Crippen LogP contribution is -3.26. The van der Waals surface area contributed by atoms with Crippen LogP contribution in [-0.4, -0.2) is 51.8 Å². The number of ether oxygens (including phenoxy) is 2. The van der Waals surface area contributed by atoms with E-state index in [-0.39, 0.29) is 6.61 Å². The zero-order chi connectivity index (χ0) is 19.6. The van der Waals surface area contributed by atoms with Gasteiger partial charge in [0.05, 0.1) is 18.1 Å². The molecule has 0 radical (unpaired) electrons. The van der Waals surface area contributed by atoms with Crippen LogP contribution < -0.4 is 14.5 Å². The van der Waals surface area contributed by atoms with Crippen molar-refractivity contribution in [2.75, 3.05) is 39.8 Å². The van der Waals surface area contributed by atoms with E-state index in [0.717, 1.165) is 26.2 Å². The van der Waals surface area contributed by atoms with Gasteiger partial charge in [-0.25, -0.2) is 4.79 Å². The number of carbonyl (C=O) groups excluding carboxylic acids is 2. The predicted octanol–water partition coefficient (Wildman–Crippen LogP) is 0.211. The van der Waals surface area contributed by atoms with E-state index in [1.54, 1.807) is 19.1 Å². The molecule has 1 saturated heterocycles. The minimum Gasteiger partial charge on any atom is -0.462 e. The van der Waals surface area contributed by atoms with Crippen LogP contribution in [-0.2, 0) is 16.1 Å². The van der Waals surface area contributed by atoms with Crippen LogP contribution in [0.4, 0.5) is 0 Å². The van der Waals surface area contributed by atoms with E-state index in [2.05, 4.69) is 23.0 Å². The van der Waals surface area contributed by atoms with E-state index in [1.165, 1.54) is 16.7 Å². The molecule has 0 spiro atoms. The lowest BCUT2D eigenvalue weighted by Gasteiger charge is -2.26. The Hall–Kier alpha value is -1.90. The molecule has 2 N–H and O–H groups in total. The first-order valence-corrected chi connectivity index (χ1v) is 9.93. The van der Waals surface area contributed by atoms with Crippen LogP contribution in [0.5, 0.6) is 5.75 Å². The second-order valence-corrected chi connectivity index (χ2v) is 7.73. The largest absolute Gasteiger partial charge is 0.462 e. The number of benzene rings is 1. The Bertz CT molecular complexity index is 855. The first kappa shape index (κ1) is 19.9. The molecule has 27 heavy (non-hydrogen) atoms. The fourth-order valence-electron chi connectivity index (χ4n) is 3.37. The second kappa shape index (κ2) is 8.41. The van der Waals surface area contributed by atoms with Crippen molar-refractivity contribution in [3.05, 3.63) is 27.9 Å². The molecule has 1 aromatic carbocycles. The molecule has 8 heteroatoms. The highest BCUT2D eigenvalue weighted by molar-refractivity contribution is 9.10. The molecule has 7 nitrogen and oxygen atoms in total. The van der Waals surface area contributed by atoms with Gasteiger partial charge in [0, 0.05) is 12.3 Å². The molecular weight excluding hydrogens is 416 g/mol. The number of furan rings is 1. The molecule has 0 unspecified atom stereocenters. The van der Waals surface area contributed by atoms with E-state index in [9.17, 15) is 9.59 Å². The average molecular weight is 441 g/mol. The molecule has 1 aliphatic rings. The monoisotopic (exact) mass is 440 g/mol. The van der Waals surface area contributed by atoms with Crippen LogP contribution in [0, 0.1) is 0 Å². The van der Waals surface area contributed by atoms with E-state index in [4.69, 9.17) is 13.9 Å². The van der Waals surface area contributed by atoms with E-state index < -0.39 is 11.9 Å². The summed E-state index contributed by atoms with van der Waals surface area (Å²) in [6.07, 6.45) is 0. The minimum atomic E-state index is -0.430. The molecule has 2 heterocycles. The Morgan fingerprint density at radius 1 is 1.22 bits per heavy atom. The number of rotatable bonds is 5. The van der Waals surface area contributed by atoms with Crippen LogP contribution in [0.15, 0.2) is 21.0 Å². The first-order valence-electron chi connectivity index (χ1n) is 9.14. The van der Waals surface area contributed by atoms with Gasteiger partial charge in [0.15, 0.2) is 5.76 Å². The third kappa shape index (κ3) is 4.51. The number of quaternary nitrogens is 2. The minimum absolute atomic E-state index is 0.281. The van der Waals surface area contributed by atoms with Gasteiger partial charge in [0.1, 0.15) is 49.6 Å². The Morgan fingerprint density at radius 2 is 1.93 bits per heavy atom. The molecule has 146 valence electrons. The summed E-state index contributed by atoms with van der Waals surface area (Å²) in [7, 11) is 2.19. The third-order valence-corrected chi connectivity index (χ3v) is 5.39. The second-order valence-electron chi connectivity index (χ2n) is 6.88. The SMILES string of the molecule is CCOC(=O)c1c(C[NH+]2CC[NH+](C)CC2)oc2cc(Br)c(OC(C)=O)cc12. The van der Waals surface area contributed by atoms with Crippen LogP contribution in [0.3, 0.4) is 0 Å². The topological polar surface area (TPSA) is 74.6 Å². The zero-order valence-corrected chi connectivity index (χ0v) is 17.4. The van der Waals surface area contributed by atoms with E-state index in [0.29, 0.717) is 39.1 Å². The third-order valence-electron chi connectivity index (χ3n) is 4.77. The van der Waals surface area contributed by atoms with Gasteiger partial charge in [-0.1, -0.05) is 0 Å². The van der Waals surface area contributed by atoms with Crippen molar-refractivity contribution in [1.82, 2.24) is 0 Å². The quantitative estimate of drug-likeness (QED) is 0.513. The summed E-state index contributed by atoms with van der Waals surface area (Å²) in [5.41, 5.74) is 0.988. The molecule has 2 aromatic rings. The lowest BCUT2D eigenvalue weighted by atomic mass is 10.1. The standard InChI is InChI=1S/C19H23BrN2O5/c1-4-25-19(24)18-13-9-16(26-12(2)23)14(20)10-15(13)27-17(18)11-22-7-5-21(3)6-8-22/h9-10H,4-8,11H2,1-3H3/p+2. The molecule has 0 atom stereocenters. The van der Waals surface area contributed by atoms with Crippen molar-refractivity contribution >= 4 is 38.8 Å². The number of carbonyl (C=O) groups is 2. The number of likely N-dealkylation sites (N-methyl/N-ethyl adjacent to an activating group) is 1. The van der Waals surface area contributed by atoms with Crippen molar-refractivity contribution in [3.63, 3.8) is 0 Å². The fraction of sp³-hybridized carbons (Fsp3) is 0.474. The van der Waals surface area contributed by atoms with Gasteiger partial charge in [0.2, 0.25) is 0 Å². The number of hydrogen-bond donors (Lipinski definition) is 2. The number of piperazine rings is 1. The van der Waals surface area contributed by atoms with E-state index in [1.807, 2.05) is 0 Å². The van der Waals surface area contributed by atoms with Crippen molar-refractivity contribution in [3.8, 4) is 5.75 Å². The summed E-state index contributed by atoms with van der Waals surface area (Å²) < 4.78 is 17.1. The number of esters is 2. The molecule has 0 amide bonds. The Balaban J connectivity index is 2.01. The van der Waals surface area contributed by atoms with Gasteiger partial charge in [-0.15, -0.1) is 0 Å². The molecule has 3 rings (SSSR count). The van der Waals surface area contributed by atoms with Gasteiger partial charge >= 0.3 is 11.9 Å². The Labute approximate surface area is 166 Å². The molecule has 1 aromatic heterocycles. The summed E-state index contributed by atoms with van der Waals surface area (Å²) in [5.74, 6) is 0.121. The number of fused-ring (bicyclic) bond motifs is 1. The fourth-order valence-corrected chi connectivity index (χ4v) is 3.77. The van der Waals surface area contributed by atoms with Crippen LogP contribution in [0.2, 0.25) is 0 Å². The molecule has 0 aliphatic carbocycles. The first-order chi connectivity index (χ1) is 12.9. The average Bonchev–Trinajstić information content (AvgIpc) is 2.94. The summed E-state index contributed by atoms with van der Waals surface area (Å²) >= 11 is 3.39. The molecule has 0 saturated carbocycles. The highest BCUT2D eigenvalue weighted by Gasteiger charge is 2.28. The van der Waals surface area contributed by atoms with Crippen LogP contribution in [0.1, 0.15) is 30.0 Å². The van der Waals surface area contributed by atoms with Gasteiger partial charge < -0.3 is 23.7 Å². The number of hydrogen-bond acceptors (Lipinski definition) is 5. The highest BCUT2D eigenvalue weighted by Crippen LogP contribution is 2.35. The normalized spacial score (nSPS) is 19.9. The van der Waals surface area contributed by atoms with E-state index >= 15 is 0 Å². The summed E-state index contributed by atoms with van der Waals surface area (Å²) in [4.78, 5) is 26.9. The van der Waals surface area contributed by atoms with Crippen molar-refractivity contribution in [2.24, 2.45) is 0 Å². The highest BCUT2D eigenvalue weighted by atomic mass is 79.9. The summed E-state index contributed by atoms with van der Waals surface area (Å²) in [6, 6.07) is 3.38. The van der Waals surface area contributed by atoms with Crippen molar-refractivity contribution in [1.29, 1.82) is 0 Å². The Kier molecular flexibility index (Phi) is 6.18. The predicted molar refractivity (Wildman–Crippen MR) is 102 cm³/mol. The smallest absolute Gasteiger partial charge is 0.342 e. The van der Waals surface area contributed by atoms with Crippen LogP contribution >= 0.6 is 15.9 Å². The number of halogens is 1. The summed E-state index contributed by atoms with van der Waals surface area (Å²) in [5, 5.41) is 0.599. The maximum absolute atomic E-state index is 12.6. The van der Waals surface area contributed by atoms with Gasteiger partial charge in [0.25, 0.3) is 0 Å². The molecular formula is C19H25BrN2O5+2. The van der Waals surface area contributed by atoms with Crippen molar-refractivity contribution < 1.29 is 33.3 Å². The molecule has 1 fully saturated rings. The van der Waals surface area contributed by atoms with Gasteiger partial charge in [-0.3, -0.25) is 4.79 Å². The maximum atomic E-state index is 12.6. The van der Waals surface area contributed by atoms with Crippen molar-refractivity contribution in [2.45, 2.75) is 20.4 Å². The van der Waals surface area contributed by atoms with Gasteiger partial charge in [-0.2, -0.15) is 0 Å². The van der Waals surface area contributed by atoms with Crippen LogP contribution in [0.25, 0.3) is 11.0 Å². The maximum Gasteiger partial charge on any atom is 0.342 e.